The van der Waals surface area contributed by atoms with Crippen LogP contribution in [0, 0.1) is 5.82 Å². The molecule has 0 aliphatic carbocycles. The Morgan fingerprint density at radius 2 is 1.95 bits per heavy atom. The maximum atomic E-state index is 13.8. The molecule has 0 aromatic heterocycles. The van der Waals surface area contributed by atoms with E-state index in [4.69, 9.17) is 14.2 Å². The minimum absolute atomic E-state index is 0.267. The molecule has 1 rings (SSSR count). The van der Waals surface area contributed by atoms with Crippen molar-refractivity contribution in [3.05, 3.63) is 29.6 Å². The standard InChI is InChI=1S/C16H26FNO3/c1-13(2)18-12-14-5-6-16(15(17)11-14)21-10-9-20-8-4-7-19-3/h5-6,11,13,18H,4,7-10,12H2,1-3H3. The van der Waals surface area contributed by atoms with Gasteiger partial charge in [0.25, 0.3) is 0 Å². The summed E-state index contributed by atoms with van der Waals surface area (Å²) in [5.74, 6) is -0.0683. The first kappa shape index (κ1) is 17.9. The summed E-state index contributed by atoms with van der Waals surface area (Å²) in [5.41, 5.74) is 0.907. The van der Waals surface area contributed by atoms with E-state index in [0.29, 0.717) is 39.0 Å². The topological polar surface area (TPSA) is 39.7 Å². The third kappa shape index (κ3) is 7.99. The van der Waals surface area contributed by atoms with Crippen LogP contribution in [-0.4, -0.2) is 39.6 Å². The predicted molar refractivity (Wildman–Crippen MR) is 81.2 cm³/mol. The van der Waals surface area contributed by atoms with Gasteiger partial charge in [-0.05, 0) is 24.1 Å². The lowest BCUT2D eigenvalue weighted by Crippen LogP contribution is -2.21. The normalized spacial score (nSPS) is 11.1. The van der Waals surface area contributed by atoms with Gasteiger partial charge in [0.1, 0.15) is 6.61 Å². The summed E-state index contributed by atoms with van der Waals surface area (Å²) < 4.78 is 29.5. The van der Waals surface area contributed by atoms with Gasteiger partial charge < -0.3 is 19.5 Å². The van der Waals surface area contributed by atoms with E-state index in [9.17, 15) is 4.39 Å². The van der Waals surface area contributed by atoms with Gasteiger partial charge in [-0.15, -0.1) is 0 Å². The van der Waals surface area contributed by atoms with Crippen molar-refractivity contribution < 1.29 is 18.6 Å². The Kier molecular flexibility index (Phi) is 8.98. The smallest absolute Gasteiger partial charge is 0.165 e. The first-order valence-corrected chi connectivity index (χ1v) is 7.34. The molecule has 120 valence electrons. The Bertz CT molecular complexity index is 399. The SMILES string of the molecule is COCCCOCCOc1ccc(CNC(C)C)cc1F. The van der Waals surface area contributed by atoms with Gasteiger partial charge in [0, 0.05) is 32.9 Å². The van der Waals surface area contributed by atoms with E-state index in [2.05, 4.69) is 19.2 Å². The Labute approximate surface area is 126 Å². The van der Waals surface area contributed by atoms with E-state index < -0.39 is 0 Å². The molecular formula is C16H26FNO3. The summed E-state index contributed by atoms with van der Waals surface area (Å²) in [4.78, 5) is 0. The first-order chi connectivity index (χ1) is 10.1. The van der Waals surface area contributed by atoms with Crippen molar-refractivity contribution in [3.63, 3.8) is 0 Å². The second-order valence-corrected chi connectivity index (χ2v) is 5.11. The van der Waals surface area contributed by atoms with E-state index in [1.807, 2.05) is 6.07 Å². The highest BCUT2D eigenvalue weighted by molar-refractivity contribution is 5.29. The summed E-state index contributed by atoms with van der Waals surface area (Å²) in [7, 11) is 1.66. The molecule has 21 heavy (non-hydrogen) atoms. The van der Waals surface area contributed by atoms with Crippen LogP contribution >= 0.6 is 0 Å². The molecule has 0 unspecified atom stereocenters. The van der Waals surface area contributed by atoms with Crippen LogP contribution < -0.4 is 10.1 Å². The molecule has 0 saturated heterocycles. The van der Waals surface area contributed by atoms with E-state index >= 15 is 0 Å². The molecule has 1 aromatic carbocycles. The Hall–Kier alpha value is -1.17. The van der Waals surface area contributed by atoms with Crippen molar-refractivity contribution in [1.82, 2.24) is 5.32 Å². The quantitative estimate of drug-likeness (QED) is 0.638. The lowest BCUT2D eigenvalue weighted by atomic mass is 10.2. The van der Waals surface area contributed by atoms with Crippen LogP contribution in [0.1, 0.15) is 25.8 Å². The molecule has 0 heterocycles. The van der Waals surface area contributed by atoms with Gasteiger partial charge in [-0.1, -0.05) is 19.9 Å². The van der Waals surface area contributed by atoms with Gasteiger partial charge in [0.2, 0.25) is 0 Å². The number of hydrogen-bond acceptors (Lipinski definition) is 4. The fourth-order valence-corrected chi connectivity index (χ4v) is 1.71. The summed E-state index contributed by atoms with van der Waals surface area (Å²) in [5, 5.41) is 3.25. The first-order valence-electron chi connectivity index (χ1n) is 7.34. The van der Waals surface area contributed by atoms with Crippen LogP contribution in [0.4, 0.5) is 4.39 Å². The maximum Gasteiger partial charge on any atom is 0.165 e. The molecular weight excluding hydrogens is 273 g/mol. The number of ether oxygens (including phenoxy) is 3. The van der Waals surface area contributed by atoms with E-state index in [-0.39, 0.29) is 11.6 Å². The molecule has 5 heteroatoms. The largest absolute Gasteiger partial charge is 0.488 e. The molecule has 0 aliphatic rings. The monoisotopic (exact) mass is 299 g/mol. The second-order valence-electron chi connectivity index (χ2n) is 5.11. The molecule has 0 aliphatic heterocycles. The second kappa shape index (κ2) is 10.5. The number of rotatable bonds is 11. The van der Waals surface area contributed by atoms with Crippen LogP contribution in [0.2, 0.25) is 0 Å². The number of benzene rings is 1. The third-order valence-corrected chi connectivity index (χ3v) is 2.83. The van der Waals surface area contributed by atoms with Gasteiger partial charge in [0.15, 0.2) is 11.6 Å². The lowest BCUT2D eigenvalue weighted by molar-refractivity contribution is 0.0797. The van der Waals surface area contributed by atoms with E-state index in [1.54, 1.807) is 13.2 Å². The van der Waals surface area contributed by atoms with Gasteiger partial charge in [0.05, 0.1) is 6.61 Å². The third-order valence-electron chi connectivity index (χ3n) is 2.83. The van der Waals surface area contributed by atoms with Crippen LogP contribution in [-0.2, 0) is 16.0 Å². The van der Waals surface area contributed by atoms with Crippen LogP contribution in [0.25, 0.3) is 0 Å². The van der Waals surface area contributed by atoms with Gasteiger partial charge in [-0.2, -0.15) is 0 Å². The highest BCUT2D eigenvalue weighted by Crippen LogP contribution is 2.18. The van der Waals surface area contributed by atoms with E-state index in [1.165, 1.54) is 6.07 Å². The highest BCUT2D eigenvalue weighted by atomic mass is 19.1. The highest BCUT2D eigenvalue weighted by Gasteiger charge is 2.05. The number of methoxy groups -OCH3 is 1. The zero-order chi connectivity index (χ0) is 15.5. The predicted octanol–water partition coefficient (Wildman–Crippen LogP) is 2.76. The Morgan fingerprint density at radius 1 is 1.14 bits per heavy atom. The van der Waals surface area contributed by atoms with Crippen molar-refractivity contribution in [3.8, 4) is 5.75 Å². The summed E-state index contributed by atoms with van der Waals surface area (Å²) in [6, 6.07) is 5.41. The molecule has 0 atom stereocenters. The summed E-state index contributed by atoms with van der Waals surface area (Å²) in [6.45, 7) is 6.85. The van der Waals surface area contributed by atoms with Crippen LogP contribution in [0.5, 0.6) is 5.75 Å². The molecule has 0 saturated carbocycles. The van der Waals surface area contributed by atoms with Crippen molar-refractivity contribution >= 4 is 0 Å². The summed E-state index contributed by atoms with van der Waals surface area (Å²) in [6.07, 6.45) is 0.850. The van der Waals surface area contributed by atoms with E-state index in [0.717, 1.165) is 12.0 Å². The van der Waals surface area contributed by atoms with Gasteiger partial charge in [-0.25, -0.2) is 4.39 Å². The maximum absolute atomic E-state index is 13.8. The Balaban J connectivity index is 2.26. The molecule has 0 radical (unpaired) electrons. The lowest BCUT2D eigenvalue weighted by Gasteiger charge is -2.11. The summed E-state index contributed by atoms with van der Waals surface area (Å²) >= 11 is 0. The van der Waals surface area contributed by atoms with Crippen molar-refractivity contribution in [2.24, 2.45) is 0 Å². The molecule has 4 nitrogen and oxygen atoms in total. The molecule has 0 bridgehead atoms. The zero-order valence-corrected chi connectivity index (χ0v) is 13.2. The minimum Gasteiger partial charge on any atom is -0.488 e. The molecule has 1 aromatic rings. The number of nitrogens with one attached hydrogen (secondary N) is 1. The number of hydrogen-bond donors (Lipinski definition) is 1. The molecule has 0 spiro atoms. The van der Waals surface area contributed by atoms with Crippen LogP contribution in [0.15, 0.2) is 18.2 Å². The molecule has 0 fully saturated rings. The average molecular weight is 299 g/mol. The fourth-order valence-electron chi connectivity index (χ4n) is 1.71. The fraction of sp³-hybridized carbons (Fsp3) is 0.625. The van der Waals surface area contributed by atoms with Crippen molar-refractivity contribution in [2.75, 3.05) is 33.5 Å². The van der Waals surface area contributed by atoms with Crippen molar-refractivity contribution in [2.45, 2.75) is 32.9 Å². The minimum atomic E-state index is -0.336. The molecule has 0 amide bonds. The Morgan fingerprint density at radius 3 is 2.62 bits per heavy atom. The van der Waals surface area contributed by atoms with Gasteiger partial charge >= 0.3 is 0 Å². The zero-order valence-electron chi connectivity index (χ0n) is 13.2. The van der Waals surface area contributed by atoms with Crippen LogP contribution in [0.3, 0.4) is 0 Å². The van der Waals surface area contributed by atoms with Gasteiger partial charge in [-0.3, -0.25) is 0 Å². The number of halogens is 1. The van der Waals surface area contributed by atoms with Crippen molar-refractivity contribution in [1.29, 1.82) is 0 Å². The molecule has 1 N–H and O–H groups in total. The average Bonchev–Trinajstić information content (AvgIpc) is 2.46.